The van der Waals surface area contributed by atoms with E-state index in [9.17, 15) is 8.78 Å². The van der Waals surface area contributed by atoms with Gasteiger partial charge in [0.25, 0.3) is 5.97 Å². The zero-order valence-electron chi connectivity index (χ0n) is 18.2. The summed E-state index contributed by atoms with van der Waals surface area (Å²) < 4.78 is 44.7. The van der Waals surface area contributed by atoms with Gasteiger partial charge in [-0.3, -0.25) is 0 Å². The summed E-state index contributed by atoms with van der Waals surface area (Å²) in [6.07, 6.45) is 9.04. The Morgan fingerprint density at radius 3 is 2.14 bits per heavy atom. The number of unbranched alkanes of at least 4 members (excludes halogenated alkanes) is 5. The molecule has 28 heavy (non-hydrogen) atoms. The Bertz CT molecular complexity index is 545. The molecule has 1 rings (SSSR count). The molecule has 0 aliphatic carbocycles. The van der Waals surface area contributed by atoms with E-state index >= 15 is 0 Å². The maximum atomic E-state index is 14.1. The van der Waals surface area contributed by atoms with E-state index in [0.717, 1.165) is 25.3 Å². The lowest BCUT2D eigenvalue weighted by atomic mass is 9.91. The number of rotatable bonds is 15. The minimum absolute atomic E-state index is 0.0551. The topological polar surface area (TPSA) is 27.7 Å². The van der Waals surface area contributed by atoms with E-state index in [1.54, 1.807) is 14.2 Å². The van der Waals surface area contributed by atoms with E-state index in [-0.39, 0.29) is 12.0 Å². The number of methoxy groups -OCH3 is 2. The van der Waals surface area contributed by atoms with Crippen LogP contribution in [-0.2, 0) is 20.6 Å². The van der Waals surface area contributed by atoms with Crippen molar-refractivity contribution in [3.8, 4) is 0 Å². The molecule has 0 aliphatic rings. The largest absolute Gasteiger partial charge is 0.331 e. The maximum Gasteiger partial charge on any atom is 0.285 e. The van der Waals surface area contributed by atoms with Crippen molar-refractivity contribution >= 4 is 0 Å². The van der Waals surface area contributed by atoms with Crippen LogP contribution in [0.25, 0.3) is 0 Å². The average Bonchev–Trinajstić information content (AvgIpc) is 2.66. The van der Waals surface area contributed by atoms with Gasteiger partial charge in [0.15, 0.2) is 0 Å². The smallest absolute Gasteiger partial charge is 0.285 e. The molecule has 0 aliphatic heterocycles. The van der Waals surface area contributed by atoms with Crippen molar-refractivity contribution in [2.24, 2.45) is 5.92 Å². The fourth-order valence-electron chi connectivity index (χ4n) is 3.66. The number of halogens is 2. The zero-order chi connectivity index (χ0) is 21.0. The van der Waals surface area contributed by atoms with Crippen LogP contribution in [-0.4, -0.2) is 26.3 Å². The summed E-state index contributed by atoms with van der Waals surface area (Å²) in [7, 11) is 3.16. The van der Waals surface area contributed by atoms with Crippen molar-refractivity contribution in [3.05, 3.63) is 35.4 Å². The van der Waals surface area contributed by atoms with Crippen LogP contribution in [0.4, 0.5) is 8.78 Å². The molecule has 0 saturated carbocycles. The van der Waals surface area contributed by atoms with Crippen LogP contribution in [0.3, 0.4) is 0 Å². The van der Waals surface area contributed by atoms with Gasteiger partial charge < -0.3 is 14.2 Å². The summed E-state index contributed by atoms with van der Waals surface area (Å²) in [6, 6.07) is 3.74. The second-order valence-corrected chi connectivity index (χ2v) is 7.71. The molecule has 1 aromatic rings. The summed E-state index contributed by atoms with van der Waals surface area (Å²) >= 11 is 0. The van der Waals surface area contributed by atoms with Crippen molar-refractivity contribution in [2.75, 3.05) is 14.2 Å². The van der Waals surface area contributed by atoms with E-state index in [1.165, 1.54) is 37.8 Å². The molecule has 1 unspecified atom stereocenters. The molecule has 0 saturated heterocycles. The molecular formula is C23H38F2O3. The van der Waals surface area contributed by atoms with Gasteiger partial charge in [0, 0.05) is 26.2 Å². The van der Waals surface area contributed by atoms with Crippen molar-refractivity contribution in [1.82, 2.24) is 0 Å². The van der Waals surface area contributed by atoms with Gasteiger partial charge in [0.2, 0.25) is 0 Å². The zero-order valence-corrected chi connectivity index (χ0v) is 18.2. The van der Waals surface area contributed by atoms with Gasteiger partial charge in [-0.05, 0) is 44.7 Å². The molecule has 1 aromatic carbocycles. The third-order valence-corrected chi connectivity index (χ3v) is 5.15. The molecule has 0 bridgehead atoms. The third-order valence-electron chi connectivity index (χ3n) is 5.15. The van der Waals surface area contributed by atoms with Crippen LogP contribution in [0.15, 0.2) is 18.2 Å². The molecule has 0 aromatic heterocycles. The number of hydrogen-bond donors (Lipinski definition) is 0. The average molecular weight is 401 g/mol. The molecule has 0 heterocycles. The SMILES string of the molecule is CCCCCCCCC(CCc1ccc(F)cc1F)C(OC)(OC)OC(C)C. The first-order chi connectivity index (χ1) is 13.4. The summed E-state index contributed by atoms with van der Waals surface area (Å²) in [5.74, 6) is -2.28. The normalized spacial score (nSPS) is 13.3. The molecular weight excluding hydrogens is 362 g/mol. The van der Waals surface area contributed by atoms with Gasteiger partial charge in [-0.15, -0.1) is 0 Å². The molecule has 0 spiro atoms. The van der Waals surface area contributed by atoms with Crippen LogP contribution in [0.1, 0.15) is 77.7 Å². The lowest BCUT2D eigenvalue weighted by Gasteiger charge is -2.39. The highest BCUT2D eigenvalue weighted by atomic mass is 19.1. The Labute approximate surface area is 169 Å². The monoisotopic (exact) mass is 400 g/mol. The highest BCUT2D eigenvalue weighted by molar-refractivity contribution is 5.18. The number of hydrogen-bond acceptors (Lipinski definition) is 3. The third kappa shape index (κ3) is 8.14. The maximum absolute atomic E-state index is 14.1. The van der Waals surface area contributed by atoms with Gasteiger partial charge in [-0.2, -0.15) is 0 Å². The van der Waals surface area contributed by atoms with Crippen LogP contribution >= 0.6 is 0 Å². The quantitative estimate of drug-likeness (QED) is 0.244. The predicted octanol–water partition coefficient (Wildman–Crippen LogP) is 6.64. The summed E-state index contributed by atoms with van der Waals surface area (Å²) in [6.45, 7) is 6.09. The van der Waals surface area contributed by atoms with E-state index in [0.29, 0.717) is 18.4 Å². The first-order valence-electron chi connectivity index (χ1n) is 10.6. The highest BCUT2D eigenvalue weighted by Gasteiger charge is 2.41. The summed E-state index contributed by atoms with van der Waals surface area (Å²) in [4.78, 5) is 0. The van der Waals surface area contributed by atoms with Crippen molar-refractivity contribution < 1.29 is 23.0 Å². The predicted molar refractivity (Wildman–Crippen MR) is 109 cm³/mol. The second kappa shape index (κ2) is 13.2. The Morgan fingerprint density at radius 2 is 1.57 bits per heavy atom. The molecule has 0 fully saturated rings. The molecule has 3 nitrogen and oxygen atoms in total. The number of benzene rings is 1. The summed E-state index contributed by atoms with van der Waals surface area (Å²) in [5.41, 5.74) is 0.500. The fraction of sp³-hybridized carbons (Fsp3) is 0.739. The van der Waals surface area contributed by atoms with E-state index in [2.05, 4.69) is 6.92 Å². The minimum atomic E-state index is -1.16. The lowest BCUT2D eigenvalue weighted by molar-refractivity contribution is -0.399. The Morgan fingerprint density at radius 1 is 0.929 bits per heavy atom. The molecule has 0 radical (unpaired) electrons. The summed E-state index contributed by atoms with van der Waals surface area (Å²) in [5, 5.41) is 0. The van der Waals surface area contributed by atoms with Crippen LogP contribution in [0, 0.1) is 17.6 Å². The van der Waals surface area contributed by atoms with E-state index < -0.39 is 17.6 Å². The Hall–Kier alpha value is -1.04. The Balaban J connectivity index is 2.82. The van der Waals surface area contributed by atoms with Crippen molar-refractivity contribution in [3.63, 3.8) is 0 Å². The number of aryl methyl sites for hydroxylation is 1. The van der Waals surface area contributed by atoms with Gasteiger partial charge in [0.1, 0.15) is 11.6 Å². The minimum Gasteiger partial charge on any atom is -0.331 e. The fourth-order valence-corrected chi connectivity index (χ4v) is 3.66. The van der Waals surface area contributed by atoms with Gasteiger partial charge in [-0.25, -0.2) is 8.78 Å². The lowest BCUT2D eigenvalue weighted by Crippen LogP contribution is -2.46. The van der Waals surface area contributed by atoms with Gasteiger partial charge >= 0.3 is 0 Å². The Kier molecular flexibility index (Phi) is 11.8. The standard InChI is InChI=1S/C23H38F2O3/c1-6-7-8-9-10-11-12-20(23(26-4,27-5)28-18(2)3)15-13-19-14-16-21(24)17-22(19)25/h14,16-18,20H,6-13,15H2,1-5H3. The van der Waals surface area contributed by atoms with E-state index in [4.69, 9.17) is 14.2 Å². The van der Waals surface area contributed by atoms with Crippen molar-refractivity contribution in [2.45, 2.75) is 90.6 Å². The second-order valence-electron chi connectivity index (χ2n) is 7.71. The molecule has 0 N–H and O–H groups in total. The molecule has 0 amide bonds. The first-order valence-corrected chi connectivity index (χ1v) is 10.6. The molecule has 1 atom stereocenters. The first kappa shape index (κ1) is 25.0. The van der Waals surface area contributed by atoms with Crippen LogP contribution < -0.4 is 0 Å². The molecule has 162 valence electrons. The van der Waals surface area contributed by atoms with Gasteiger partial charge in [-0.1, -0.05) is 51.5 Å². The van der Waals surface area contributed by atoms with Crippen LogP contribution in [0.2, 0.25) is 0 Å². The highest BCUT2D eigenvalue weighted by Crippen LogP contribution is 2.34. The van der Waals surface area contributed by atoms with Crippen molar-refractivity contribution in [1.29, 1.82) is 0 Å². The van der Waals surface area contributed by atoms with Crippen LogP contribution in [0.5, 0.6) is 0 Å². The van der Waals surface area contributed by atoms with E-state index in [1.807, 2.05) is 13.8 Å². The number of ether oxygens (including phenoxy) is 3. The van der Waals surface area contributed by atoms with Gasteiger partial charge in [0.05, 0.1) is 6.10 Å². The molecule has 5 heteroatoms.